The largest absolute Gasteiger partial charge is 0.497 e. The average Bonchev–Trinajstić information content (AvgIpc) is 2.97. The van der Waals surface area contributed by atoms with Crippen molar-refractivity contribution in [1.82, 2.24) is 9.97 Å². The van der Waals surface area contributed by atoms with Gasteiger partial charge in [0.2, 0.25) is 0 Å². The number of fused-ring (bicyclic) bond motifs is 1. The van der Waals surface area contributed by atoms with E-state index in [0.717, 1.165) is 11.3 Å². The Bertz CT molecular complexity index is 907. The highest BCUT2D eigenvalue weighted by Crippen LogP contribution is 2.39. The number of nitrogen functional groups attached to an aromatic ring is 1. The third kappa shape index (κ3) is 2.78. The topological polar surface area (TPSA) is 87.3 Å². The number of thiophene rings is 1. The molecule has 0 fully saturated rings. The van der Waals surface area contributed by atoms with Gasteiger partial charge < -0.3 is 15.2 Å². The number of methoxy groups -OCH3 is 2. The van der Waals surface area contributed by atoms with Crippen molar-refractivity contribution in [1.29, 1.82) is 0 Å². The molecule has 0 aliphatic carbocycles. The van der Waals surface area contributed by atoms with Crippen molar-refractivity contribution in [2.24, 2.45) is 0 Å². The van der Waals surface area contributed by atoms with Crippen LogP contribution in [0.15, 0.2) is 29.4 Å². The fraction of sp³-hybridized carbons (Fsp3) is 0.188. The average molecular weight is 361 g/mol. The Morgan fingerprint density at radius 1 is 1.21 bits per heavy atom. The molecule has 3 rings (SSSR count). The van der Waals surface area contributed by atoms with Crippen LogP contribution in [0, 0.1) is 0 Å². The van der Waals surface area contributed by atoms with E-state index in [1.165, 1.54) is 30.2 Å². The van der Waals surface area contributed by atoms with Crippen LogP contribution in [0.3, 0.4) is 0 Å². The van der Waals surface area contributed by atoms with E-state index >= 15 is 0 Å². The summed E-state index contributed by atoms with van der Waals surface area (Å²) in [6.45, 7) is 0. The number of rotatable bonds is 4. The molecule has 8 heteroatoms. The van der Waals surface area contributed by atoms with E-state index in [1.807, 2.05) is 30.5 Å². The predicted molar refractivity (Wildman–Crippen MR) is 96.9 cm³/mol. The number of anilines is 1. The molecule has 0 bridgehead atoms. The zero-order valence-corrected chi connectivity index (χ0v) is 15.0. The lowest BCUT2D eigenvalue weighted by Crippen LogP contribution is -2.02. The monoisotopic (exact) mass is 361 g/mol. The Kier molecular flexibility index (Phi) is 4.59. The minimum Gasteiger partial charge on any atom is -0.497 e. The van der Waals surface area contributed by atoms with Crippen molar-refractivity contribution < 1.29 is 14.3 Å². The molecule has 0 aliphatic heterocycles. The number of esters is 1. The van der Waals surface area contributed by atoms with E-state index < -0.39 is 5.97 Å². The summed E-state index contributed by atoms with van der Waals surface area (Å²) in [6.07, 6.45) is 1.90. The molecular formula is C16H15N3O3S2. The third-order valence-corrected chi connectivity index (χ3v) is 5.11. The van der Waals surface area contributed by atoms with Crippen molar-refractivity contribution in [3.63, 3.8) is 0 Å². The highest BCUT2D eigenvalue weighted by molar-refractivity contribution is 7.98. The number of nitrogens with zero attached hydrogens (tertiary/aromatic N) is 2. The van der Waals surface area contributed by atoms with Gasteiger partial charge in [-0.2, -0.15) is 0 Å². The van der Waals surface area contributed by atoms with Crippen LogP contribution in [0.5, 0.6) is 5.75 Å². The molecule has 1 aromatic carbocycles. The number of carbonyl (C=O) groups excluding carboxylic acids is 1. The molecule has 2 N–H and O–H groups in total. The van der Waals surface area contributed by atoms with Gasteiger partial charge in [-0.1, -0.05) is 11.8 Å². The molecule has 124 valence electrons. The van der Waals surface area contributed by atoms with Crippen molar-refractivity contribution in [2.45, 2.75) is 5.16 Å². The summed E-state index contributed by atoms with van der Waals surface area (Å²) >= 11 is 2.65. The first kappa shape index (κ1) is 16.5. The molecule has 0 atom stereocenters. The molecule has 6 nitrogen and oxygen atoms in total. The first-order chi connectivity index (χ1) is 11.6. The number of nitrogens with two attached hydrogens (primary N) is 1. The molecule has 0 amide bonds. The molecule has 0 unspecified atom stereocenters. The SMILES string of the molecule is COC(=O)c1sc2nc(SC)nc(-c3ccc(OC)cc3)c2c1N. The van der Waals surface area contributed by atoms with E-state index in [4.69, 9.17) is 15.2 Å². The second-order valence-electron chi connectivity index (χ2n) is 4.80. The highest BCUT2D eigenvalue weighted by atomic mass is 32.2. The molecule has 24 heavy (non-hydrogen) atoms. The fourth-order valence-electron chi connectivity index (χ4n) is 2.30. The summed E-state index contributed by atoms with van der Waals surface area (Å²) in [5.74, 6) is 0.282. The summed E-state index contributed by atoms with van der Waals surface area (Å²) in [5, 5.41) is 1.29. The van der Waals surface area contributed by atoms with Crippen molar-refractivity contribution >= 4 is 45.0 Å². The summed E-state index contributed by atoms with van der Waals surface area (Å²) in [7, 11) is 2.94. The number of ether oxygens (including phenoxy) is 2. The van der Waals surface area contributed by atoms with Crippen LogP contribution in [-0.4, -0.2) is 36.4 Å². The smallest absolute Gasteiger partial charge is 0.350 e. The Hall–Kier alpha value is -2.32. The van der Waals surface area contributed by atoms with Gasteiger partial charge in [0.05, 0.1) is 31.0 Å². The molecule has 0 radical (unpaired) electrons. The maximum atomic E-state index is 11.9. The maximum Gasteiger partial charge on any atom is 0.350 e. The summed E-state index contributed by atoms with van der Waals surface area (Å²) in [5.41, 5.74) is 8.11. The third-order valence-electron chi connectivity index (χ3n) is 3.48. The van der Waals surface area contributed by atoms with Gasteiger partial charge in [-0.05, 0) is 30.5 Å². The first-order valence-corrected chi connectivity index (χ1v) is 9.00. The quantitative estimate of drug-likeness (QED) is 0.432. The van der Waals surface area contributed by atoms with Gasteiger partial charge in [-0.3, -0.25) is 0 Å². The summed E-state index contributed by atoms with van der Waals surface area (Å²) in [6, 6.07) is 7.51. The number of aromatic nitrogens is 2. The molecular weight excluding hydrogens is 346 g/mol. The van der Waals surface area contributed by atoms with Crippen LogP contribution in [0.25, 0.3) is 21.5 Å². The van der Waals surface area contributed by atoms with Crippen LogP contribution in [0.4, 0.5) is 5.69 Å². The lowest BCUT2D eigenvalue weighted by Gasteiger charge is -2.07. The van der Waals surface area contributed by atoms with E-state index in [2.05, 4.69) is 9.97 Å². The van der Waals surface area contributed by atoms with Gasteiger partial charge in [-0.15, -0.1) is 11.3 Å². The molecule has 0 saturated heterocycles. The molecule has 2 heterocycles. The molecule has 0 aliphatic rings. The molecule has 2 aromatic heterocycles. The van der Waals surface area contributed by atoms with Crippen LogP contribution >= 0.6 is 23.1 Å². The fourth-order valence-corrected chi connectivity index (χ4v) is 3.73. The van der Waals surface area contributed by atoms with E-state index in [-0.39, 0.29) is 0 Å². The maximum absolute atomic E-state index is 11.9. The minimum absolute atomic E-state index is 0.342. The number of benzene rings is 1. The van der Waals surface area contributed by atoms with Gasteiger partial charge in [-0.25, -0.2) is 14.8 Å². The molecule has 0 saturated carbocycles. The number of carbonyl (C=O) groups is 1. The van der Waals surface area contributed by atoms with Crippen LogP contribution in [0.2, 0.25) is 0 Å². The van der Waals surface area contributed by atoms with Gasteiger partial charge in [0.15, 0.2) is 5.16 Å². The normalized spacial score (nSPS) is 10.8. The van der Waals surface area contributed by atoms with Gasteiger partial charge in [0.25, 0.3) is 0 Å². The second kappa shape index (κ2) is 6.66. The van der Waals surface area contributed by atoms with Crippen molar-refractivity contribution in [3.05, 3.63) is 29.1 Å². The Balaban J connectivity index is 2.28. The second-order valence-corrected chi connectivity index (χ2v) is 6.58. The van der Waals surface area contributed by atoms with Crippen LogP contribution < -0.4 is 10.5 Å². The van der Waals surface area contributed by atoms with E-state index in [0.29, 0.717) is 31.6 Å². The predicted octanol–water partition coefficient (Wildman–Crippen LogP) is 3.46. The first-order valence-electron chi connectivity index (χ1n) is 6.95. The van der Waals surface area contributed by atoms with Gasteiger partial charge >= 0.3 is 5.97 Å². The van der Waals surface area contributed by atoms with Crippen LogP contribution in [0.1, 0.15) is 9.67 Å². The summed E-state index contributed by atoms with van der Waals surface area (Å²) < 4.78 is 9.99. The Labute approximate surface area is 147 Å². The lowest BCUT2D eigenvalue weighted by molar-refractivity contribution is 0.0607. The zero-order chi connectivity index (χ0) is 17.3. The molecule has 0 spiro atoms. The van der Waals surface area contributed by atoms with E-state index in [1.54, 1.807) is 7.11 Å². The zero-order valence-electron chi connectivity index (χ0n) is 13.3. The van der Waals surface area contributed by atoms with Crippen molar-refractivity contribution in [3.8, 4) is 17.0 Å². The van der Waals surface area contributed by atoms with E-state index in [9.17, 15) is 4.79 Å². The molecule has 3 aromatic rings. The Morgan fingerprint density at radius 2 is 1.92 bits per heavy atom. The number of thioether (sulfide) groups is 1. The summed E-state index contributed by atoms with van der Waals surface area (Å²) in [4.78, 5) is 22.0. The number of hydrogen-bond acceptors (Lipinski definition) is 8. The minimum atomic E-state index is -0.470. The number of hydrogen-bond donors (Lipinski definition) is 1. The lowest BCUT2D eigenvalue weighted by atomic mass is 10.1. The van der Waals surface area contributed by atoms with Gasteiger partial charge in [0.1, 0.15) is 15.5 Å². The highest BCUT2D eigenvalue weighted by Gasteiger charge is 2.22. The van der Waals surface area contributed by atoms with Crippen molar-refractivity contribution in [2.75, 3.05) is 26.2 Å². The van der Waals surface area contributed by atoms with Gasteiger partial charge in [0, 0.05) is 5.56 Å². The van der Waals surface area contributed by atoms with Crippen LogP contribution in [-0.2, 0) is 4.74 Å². The standard InChI is InChI=1S/C16H15N3O3S2/c1-21-9-6-4-8(5-7-9)12-10-11(17)13(15(20)22-2)24-14(10)19-16(18-12)23-3/h4-7H,17H2,1-3H3. The Morgan fingerprint density at radius 3 is 2.50 bits per heavy atom.